The lowest BCUT2D eigenvalue weighted by atomic mass is 10.3. The van der Waals surface area contributed by atoms with Gasteiger partial charge in [0.05, 0.1) is 5.75 Å². The molecular weight excluding hydrogens is 268 g/mol. The minimum absolute atomic E-state index is 0.0378. The number of sulfonamides is 1. The van der Waals surface area contributed by atoms with E-state index in [4.69, 9.17) is 5.73 Å². The summed E-state index contributed by atoms with van der Waals surface area (Å²) in [5.74, 6) is -0.157. The number of hydrogen-bond acceptors (Lipinski definition) is 4. The second kappa shape index (κ2) is 6.95. The van der Waals surface area contributed by atoms with Crippen molar-refractivity contribution in [1.82, 2.24) is 10.0 Å². The van der Waals surface area contributed by atoms with Crippen LogP contribution < -0.4 is 21.1 Å². The molecule has 0 heterocycles. The van der Waals surface area contributed by atoms with Crippen LogP contribution in [0.3, 0.4) is 0 Å². The highest BCUT2D eigenvalue weighted by molar-refractivity contribution is 7.89. The molecule has 1 aromatic carbocycles. The second-order valence-corrected chi connectivity index (χ2v) is 5.75. The molecule has 5 N–H and O–H groups in total. The number of nitrogens with two attached hydrogens (primary N) is 1. The van der Waals surface area contributed by atoms with E-state index in [1.165, 1.54) is 0 Å². The first-order valence-corrected chi connectivity index (χ1v) is 7.46. The summed E-state index contributed by atoms with van der Waals surface area (Å²) in [6.45, 7) is 2.06. The normalized spacial score (nSPS) is 11.0. The Bertz CT molecular complexity index is 513. The van der Waals surface area contributed by atoms with Crippen molar-refractivity contribution in [2.45, 2.75) is 6.92 Å². The fourth-order valence-corrected chi connectivity index (χ4v) is 2.29. The van der Waals surface area contributed by atoms with Crippen LogP contribution in [-0.2, 0) is 10.0 Å². The predicted molar refractivity (Wildman–Crippen MR) is 75.3 cm³/mol. The van der Waals surface area contributed by atoms with Gasteiger partial charge in [-0.15, -0.1) is 0 Å². The van der Waals surface area contributed by atoms with Crippen LogP contribution in [0.1, 0.15) is 6.92 Å². The van der Waals surface area contributed by atoms with Crippen LogP contribution in [0.4, 0.5) is 16.2 Å². The van der Waals surface area contributed by atoms with E-state index in [9.17, 15) is 13.2 Å². The van der Waals surface area contributed by atoms with Crippen molar-refractivity contribution in [3.63, 3.8) is 0 Å². The maximum Gasteiger partial charge on any atom is 0.319 e. The first-order valence-electron chi connectivity index (χ1n) is 5.80. The molecule has 0 unspecified atom stereocenters. The average molecular weight is 286 g/mol. The lowest BCUT2D eigenvalue weighted by Gasteiger charge is -2.08. The smallest absolute Gasteiger partial charge is 0.319 e. The Balaban J connectivity index is 2.34. The Morgan fingerprint density at radius 3 is 2.47 bits per heavy atom. The maximum absolute atomic E-state index is 11.5. The molecular formula is C11H18N4O3S. The first-order chi connectivity index (χ1) is 8.93. The lowest BCUT2D eigenvalue weighted by molar-refractivity contribution is 0.252. The van der Waals surface area contributed by atoms with E-state index in [1.54, 1.807) is 31.2 Å². The topological polar surface area (TPSA) is 113 Å². The van der Waals surface area contributed by atoms with E-state index < -0.39 is 16.1 Å². The van der Waals surface area contributed by atoms with E-state index >= 15 is 0 Å². The molecule has 0 radical (unpaired) electrons. The molecule has 19 heavy (non-hydrogen) atoms. The average Bonchev–Trinajstić information content (AvgIpc) is 2.31. The number of benzene rings is 1. The van der Waals surface area contributed by atoms with Gasteiger partial charge in [-0.25, -0.2) is 17.9 Å². The van der Waals surface area contributed by atoms with Crippen LogP contribution in [0.5, 0.6) is 0 Å². The molecule has 0 atom stereocenters. The van der Waals surface area contributed by atoms with Gasteiger partial charge in [0.15, 0.2) is 0 Å². The molecule has 7 nitrogen and oxygen atoms in total. The summed E-state index contributed by atoms with van der Waals surface area (Å²) in [5.41, 5.74) is 6.70. The molecule has 0 bridgehead atoms. The van der Waals surface area contributed by atoms with Crippen LogP contribution in [-0.4, -0.2) is 33.3 Å². The number of carbonyl (C=O) groups excluding carboxylic acids is 1. The fraction of sp³-hybridized carbons (Fsp3) is 0.364. The summed E-state index contributed by atoms with van der Waals surface area (Å²) in [4.78, 5) is 11.5. The standard InChI is InChI=1S/C11H18N4O3S/c1-2-14-19(17,18)8-7-13-11(16)15-10-5-3-9(12)4-6-10/h3-6,14H,2,7-8,12H2,1H3,(H2,13,15,16). The molecule has 0 aliphatic heterocycles. The van der Waals surface area contributed by atoms with E-state index in [1.807, 2.05) is 0 Å². The van der Waals surface area contributed by atoms with E-state index in [0.717, 1.165) is 0 Å². The molecule has 0 saturated heterocycles. The van der Waals surface area contributed by atoms with Gasteiger partial charge in [0.1, 0.15) is 0 Å². The third-order valence-electron chi connectivity index (χ3n) is 2.19. The first kappa shape index (κ1) is 15.3. The molecule has 0 fully saturated rings. The van der Waals surface area contributed by atoms with Gasteiger partial charge in [0.25, 0.3) is 0 Å². The number of nitrogen functional groups attached to an aromatic ring is 1. The Morgan fingerprint density at radius 2 is 1.89 bits per heavy atom. The number of rotatable bonds is 6. The molecule has 1 aromatic rings. The third-order valence-corrected chi connectivity index (χ3v) is 3.66. The Labute approximate surface area is 112 Å². The summed E-state index contributed by atoms with van der Waals surface area (Å²) in [6, 6.07) is 6.17. The van der Waals surface area contributed by atoms with Crippen molar-refractivity contribution < 1.29 is 13.2 Å². The molecule has 106 valence electrons. The van der Waals surface area contributed by atoms with Crippen molar-refractivity contribution >= 4 is 27.4 Å². The third kappa shape index (κ3) is 6.07. The summed E-state index contributed by atoms with van der Waals surface area (Å²) in [6.07, 6.45) is 0. The number of nitrogens with one attached hydrogen (secondary N) is 3. The van der Waals surface area contributed by atoms with Crippen molar-refractivity contribution in [2.24, 2.45) is 0 Å². The van der Waals surface area contributed by atoms with Gasteiger partial charge in [0, 0.05) is 24.5 Å². The lowest BCUT2D eigenvalue weighted by Crippen LogP contribution is -2.36. The van der Waals surface area contributed by atoms with Gasteiger partial charge in [-0.3, -0.25) is 0 Å². The molecule has 0 aliphatic rings. The van der Waals surface area contributed by atoms with Gasteiger partial charge >= 0.3 is 6.03 Å². The summed E-state index contributed by atoms with van der Waals surface area (Å²) < 4.78 is 25.0. The number of amides is 2. The zero-order chi connectivity index (χ0) is 14.3. The van der Waals surface area contributed by atoms with Crippen LogP contribution >= 0.6 is 0 Å². The van der Waals surface area contributed by atoms with Gasteiger partial charge in [-0.05, 0) is 24.3 Å². The monoisotopic (exact) mass is 286 g/mol. The van der Waals surface area contributed by atoms with Crippen LogP contribution in [0, 0.1) is 0 Å². The number of urea groups is 1. The zero-order valence-corrected chi connectivity index (χ0v) is 11.5. The van der Waals surface area contributed by atoms with Crippen molar-refractivity contribution in [2.75, 3.05) is 29.9 Å². The quantitative estimate of drug-likeness (QED) is 0.564. The maximum atomic E-state index is 11.5. The molecule has 0 aliphatic carbocycles. The Morgan fingerprint density at radius 1 is 1.26 bits per heavy atom. The minimum atomic E-state index is -3.31. The number of carbonyl (C=O) groups is 1. The number of anilines is 2. The van der Waals surface area contributed by atoms with Crippen molar-refractivity contribution in [1.29, 1.82) is 0 Å². The van der Waals surface area contributed by atoms with Gasteiger partial charge in [-0.2, -0.15) is 0 Å². The van der Waals surface area contributed by atoms with Crippen LogP contribution in [0.25, 0.3) is 0 Å². The van der Waals surface area contributed by atoms with E-state index in [-0.39, 0.29) is 12.3 Å². The zero-order valence-electron chi connectivity index (χ0n) is 10.6. The molecule has 0 saturated carbocycles. The van der Waals surface area contributed by atoms with Crippen LogP contribution in [0.15, 0.2) is 24.3 Å². The fourth-order valence-electron chi connectivity index (χ4n) is 1.33. The minimum Gasteiger partial charge on any atom is -0.399 e. The molecule has 0 spiro atoms. The predicted octanol–water partition coefficient (Wildman–Crippen LogP) is 0.330. The molecule has 8 heteroatoms. The van der Waals surface area contributed by atoms with Gasteiger partial charge in [-0.1, -0.05) is 6.92 Å². The Hall–Kier alpha value is -1.80. The highest BCUT2D eigenvalue weighted by atomic mass is 32.2. The Kier molecular flexibility index (Phi) is 5.58. The highest BCUT2D eigenvalue weighted by Gasteiger charge is 2.09. The number of hydrogen-bond donors (Lipinski definition) is 4. The molecule has 2 amide bonds. The summed E-state index contributed by atoms with van der Waals surface area (Å²) in [5, 5.41) is 5.03. The molecule has 1 rings (SSSR count). The van der Waals surface area contributed by atoms with E-state index in [2.05, 4.69) is 15.4 Å². The van der Waals surface area contributed by atoms with Crippen molar-refractivity contribution in [3.8, 4) is 0 Å². The van der Waals surface area contributed by atoms with Crippen LogP contribution in [0.2, 0.25) is 0 Å². The van der Waals surface area contributed by atoms with E-state index in [0.29, 0.717) is 17.9 Å². The SMILES string of the molecule is CCNS(=O)(=O)CCNC(=O)Nc1ccc(N)cc1. The molecule has 0 aromatic heterocycles. The summed E-state index contributed by atoms with van der Waals surface area (Å²) in [7, 11) is -3.31. The van der Waals surface area contributed by atoms with Gasteiger partial charge < -0.3 is 16.4 Å². The largest absolute Gasteiger partial charge is 0.399 e. The second-order valence-electron chi connectivity index (χ2n) is 3.82. The summed E-state index contributed by atoms with van der Waals surface area (Å²) >= 11 is 0. The highest BCUT2D eigenvalue weighted by Crippen LogP contribution is 2.09. The van der Waals surface area contributed by atoms with Crippen molar-refractivity contribution in [3.05, 3.63) is 24.3 Å². The van der Waals surface area contributed by atoms with Gasteiger partial charge in [0.2, 0.25) is 10.0 Å².